The fraction of sp³-hybridized carbons (Fsp3) is 0.152. The Bertz CT molecular complexity index is 2340. The van der Waals surface area contributed by atoms with Gasteiger partial charge in [-0.15, -0.1) is 22.7 Å². The van der Waals surface area contributed by atoms with Gasteiger partial charge in [0.2, 0.25) is 6.79 Å². The number of pyridine rings is 2. The minimum Gasteiger partial charge on any atom is -0.454 e. The van der Waals surface area contributed by atoms with Crippen molar-refractivity contribution in [2.75, 3.05) is 18.7 Å². The van der Waals surface area contributed by atoms with Crippen molar-refractivity contribution in [2.24, 2.45) is 0 Å². The van der Waals surface area contributed by atoms with E-state index in [0.29, 0.717) is 69.7 Å². The van der Waals surface area contributed by atoms with Crippen molar-refractivity contribution in [2.45, 2.75) is 18.8 Å². The summed E-state index contributed by atoms with van der Waals surface area (Å²) in [6, 6.07) is 18.1. The van der Waals surface area contributed by atoms with Crippen LogP contribution in [0.3, 0.4) is 0 Å². The Morgan fingerprint density at radius 3 is 1.88 bits per heavy atom. The zero-order chi connectivity index (χ0) is 35.8. The fourth-order valence-electron chi connectivity index (χ4n) is 4.86. The van der Waals surface area contributed by atoms with E-state index in [1.807, 2.05) is 18.2 Å². The predicted octanol–water partition coefficient (Wildman–Crippen LogP) is 9.58. The number of nitrogens with one attached hydrogen (secondary N) is 1. The van der Waals surface area contributed by atoms with Gasteiger partial charge in [-0.05, 0) is 60.5 Å². The number of thiophene rings is 2. The van der Waals surface area contributed by atoms with Gasteiger partial charge in [-0.25, -0.2) is 19.9 Å². The number of anilines is 1. The summed E-state index contributed by atoms with van der Waals surface area (Å²) >= 11 is 7.07. The van der Waals surface area contributed by atoms with Gasteiger partial charge in [-0.2, -0.15) is 26.3 Å². The molecule has 51 heavy (non-hydrogen) atoms. The van der Waals surface area contributed by atoms with Crippen molar-refractivity contribution in [3.63, 3.8) is 0 Å². The standard InChI is InChI=1S/C21H15F3N4O2S.C12H5ClF3N3S/c22-21(23,24)17-10-13-18(26-8-6-12-4-5-15-16(9-12)30-11-29-15)27-19(28-20(13)31-17)14-3-1-2-7-25-14;13-9-6-5-8(12(14,15)16)20-11(6)19-10(18-9)7-3-1-2-4-17-7/h1-5,7,9-10H,6,8,11H2,(H,26,27,28);1-5H. The maximum absolute atomic E-state index is 13.3. The first kappa shape index (κ1) is 34.3. The largest absolute Gasteiger partial charge is 0.454 e. The molecular formula is C33H20ClF6N7O2S2. The molecule has 0 radical (unpaired) electrons. The first-order chi connectivity index (χ1) is 24.4. The van der Waals surface area contributed by atoms with Crippen molar-refractivity contribution in [3.05, 3.63) is 99.6 Å². The molecule has 1 aliphatic rings. The first-order valence-electron chi connectivity index (χ1n) is 14.8. The van der Waals surface area contributed by atoms with Crippen LogP contribution in [0.4, 0.5) is 32.2 Å². The number of nitrogens with zero attached hydrogens (tertiary/aromatic N) is 6. The van der Waals surface area contributed by atoms with Crippen LogP contribution < -0.4 is 14.8 Å². The van der Waals surface area contributed by atoms with Crippen LogP contribution in [0.15, 0.2) is 79.1 Å². The van der Waals surface area contributed by atoms with E-state index in [2.05, 4.69) is 35.2 Å². The van der Waals surface area contributed by atoms with E-state index in [9.17, 15) is 26.3 Å². The van der Waals surface area contributed by atoms with Gasteiger partial charge in [0.1, 0.15) is 41.8 Å². The number of halogens is 7. The molecule has 9 nitrogen and oxygen atoms in total. The Balaban J connectivity index is 0.000000175. The summed E-state index contributed by atoms with van der Waals surface area (Å²) < 4.78 is 88.6. The van der Waals surface area contributed by atoms with Gasteiger partial charge in [0, 0.05) is 24.3 Å². The maximum atomic E-state index is 13.3. The molecule has 0 amide bonds. The summed E-state index contributed by atoms with van der Waals surface area (Å²) in [6.45, 7) is 0.663. The minimum absolute atomic E-state index is 0.0117. The molecule has 0 unspecified atom stereocenters. The highest BCUT2D eigenvalue weighted by Crippen LogP contribution is 2.41. The van der Waals surface area contributed by atoms with Crippen LogP contribution >= 0.6 is 34.3 Å². The summed E-state index contributed by atoms with van der Waals surface area (Å²) in [6.07, 6.45) is -5.10. The molecule has 1 aliphatic heterocycles. The highest BCUT2D eigenvalue weighted by atomic mass is 35.5. The van der Waals surface area contributed by atoms with Crippen LogP contribution in [0.1, 0.15) is 15.3 Å². The number of alkyl halides is 6. The summed E-state index contributed by atoms with van der Waals surface area (Å²) in [5.74, 6) is 2.21. The quantitative estimate of drug-likeness (QED) is 0.131. The Labute approximate surface area is 297 Å². The molecule has 0 atom stereocenters. The molecule has 0 aliphatic carbocycles. The van der Waals surface area contributed by atoms with Crippen LogP contribution in [-0.4, -0.2) is 43.2 Å². The molecule has 0 fully saturated rings. The van der Waals surface area contributed by atoms with Crippen LogP contribution in [0.5, 0.6) is 11.5 Å². The molecule has 7 heterocycles. The molecular weight excluding hydrogens is 740 g/mol. The van der Waals surface area contributed by atoms with Crippen LogP contribution in [0, 0.1) is 0 Å². The van der Waals surface area contributed by atoms with Crippen molar-refractivity contribution in [1.29, 1.82) is 0 Å². The van der Waals surface area contributed by atoms with Gasteiger partial charge in [0.15, 0.2) is 23.1 Å². The molecule has 1 N–H and O–H groups in total. The van der Waals surface area contributed by atoms with Gasteiger partial charge in [-0.3, -0.25) is 9.97 Å². The van der Waals surface area contributed by atoms with Gasteiger partial charge in [-0.1, -0.05) is 29.8 Å². The molecule has 0 saturated heterocycles. The average molecular weight is 760 g/mol. The molecule has 0 saturated carbocycles. The molecule has 1 aromatic carbocycles. The van der Waals surface area contributed by atoms with E-state index < -0.39 is 22.1 Å². The monoisotopic (exact) mass is 759 g/mol. The van der Waals surface area contributed by atoms with Crippen molar-refractivity contribution in [3.8, 4) is 34.5 Å². The molecule has 6 aromatic heterocycles. The lowest BCUT2D eigenvalue weighted by Crippen LogP contribution is -2.08. The third kappa shape index (κ3) is 7.64. The zero-order valence-electron chi connectivity index (χ0n) is 25.6. The topological polar surface area (TPSA) is 108 Å². The van der Waals surface area contributed by atoms with E-state index in [1.165, 1.54) is 0 Å². The number of hydrogen-bond acceptors (Lipinski definition) is 11. The van der Waals surface area contributed by atoms with E-state index in [-0.39, 0.29) is 38.6 Å². The summed E-state index contributed by atoms with van der Waals surface area (Å²) in [7, 11) is 0. The third-order valence-electron chi connectivity index (χ3n) is 7.23. The van der Waals surface area contributed by atoms with Gasteiger partial charge >= 0.3 is 12.4 Å². The van der Waals surface area contributed by atoms with Crippen molar-refractivity contribution in [1.82, 2.24) is 29.9 Å². The number of ether oxygens (including phenoxy) is 2. The SMILES string of the molecule is FC(F)(F)c1cc2c(Cl)nc(-c3ccccn3)nc2s1.FC(F)(F)c1cc2c(NCCc3ccc4c(c3)OCO4)nc(-c3ccccn3)nc2s1. The van der Waals surface area contributed by atoms with Crippen molar-refractivity contribution < 1.29 is 35.8 Å². The summed E-state index contributed by atoms with van der Waals surface area (Å²) in [5, 5.41) is 3.69. The number of rotatable bonds is 6. The Morgan fingerprint density at radius 1 is 0.686 bits per heavy atom. The molecule has 7 aromatic rings. The summed E-state index contributed by atoms with van der Waals surface area (Å²) in [4.78, 5) is 24.1. The van der Waals surface area contributed by atoms with Gasteiger partial charge in [0.05, 0.1) is 5.39 Å². The number of hydrogen-bond donors (Lipinski definition) is 1. The number of aromatic nitrogens is 6. The zero-order valence-corrected chi connectivity index (χ0v) is 28.0. The lowest BCUT2D eigenvalue weighted by molar-refractivity contribution is -0.135. The predicted molar refractivity (Wildman–Crippen MR) is 181 cm³/mol. The van der Waals surface area contributed by atoms with E-state index in [1.54, 1.807) is 48.8 Å². The average Bonchev–Trinajstić information content (AvgIpc) is 3.88. The van der Waals surface area contributed by atoms with Gasteiger partial charge in [0.25, 0.3) is 0 Å². The molecule has 8 rings (SSSR count). The lowest BCUT2D eigenvalue weighted by atomic mass is 10.1. The second kappa shape index (κ2) is 13.9. The third-order valence-corrected chi connectivity index (χ3v) is 9.66. The fourth-order valence-corrected chi connectivity index (χ4v) is 6.94. The highest BCUT2D eigenvalue weighted by molar-refractivity contribution is 7.19. The van der Waals surface area contributed by atoms with Crippen LogP contribution in [-0.2, 0) is 18.8 Å². The highest BCUT2D eigenvalue weighted by Gasteiger charge is 2.35. The molecule has 0 bridgehead atoms. The van der Waals surface area contributed by atoms with E-state index in [0.717, 1.165) is 17.7 Å². The number of fused-ring (bicyclic) bond motifs is 3. The minimum atomic E-state index is -4.44. The second-order valence-electron chi connectivity index (χ2n) is 10.7. The lowest BCUT2D eigenvalue weighted by Gasteiger charge is -2.09. The maximum Gasteiger partial charge on any atom is 0.425 e. The van der Waals surface area contributed by atoms with Crippen LogP contribution in [0.2, 0.25) is 5.15 Å². The molecule has 0 spiro atoms. The van der Waals surface area contributed by atoms with Gasteiger partial charge < -0.3 is 14.8 Å². The normalized spacial score (nSPS) is 12.6. The smallest absolute Gasteiger partial charge is 0.425 e. The van der Waals surface area contributed by atoms with Crippen LogP contribution in [0.25, 0.3) is 43.5 Å². The number of benzene rings is 1. The second-order valence-corrected chi connectivity index (χ2v) is 13.1. The van der Waals surface area contributed by atoms with E-state index in [4.69, 9.17) is 21.1 Å². The van der Waals surface area contributed by atoms with E-state index >= 15 is 0 Å². The summed E-state index contributed by atoms with van der Waals surface area (Å²) in [5.41, 5.74) is 1.96. The Hall–Kier alpha value is -5.13. The molecule has 260 valence electrons. The molecule has 18 heteroatoms. The van der Waals surface area contributed by atoms with Crippen molar-refractivity contribution >= 4 is 60.5 Å². The first-order valence-corrected chi connectivity index (χ1v) is 16.8. The Morgan fingerprint density at radius 2 is 1.27 bits per heavy atom. The Kier molecular flexibility index (Phi) is 9.34.